The number of thioether (sulfide) groups is 1. The summed E-state index contributed by atoms with van der Waals surface area (Å²) in [6, 6.07) is 6.99. The summed E-state index contributed by atoms with van der Waals surface area (Å²) in [6.45, 7) is 2.34. The van der Waals surface area contributed by atoms with Crippen molar-refractivity contribution in [1.82, 2.24) is 19.4 Å². The van der Waals surface area contributed by atoms with E-state index in [1.54, 1.807) is 43.6 Å². The van der Waals surface area contributed by atoms with Gasteiger partial charge >= 0.3 is 0 Å². The number of nitrogens with zero attached hydrogens (tertiary/aromatic N) is 3. The Hall–Kier alpha value is -3.20. The van der Waals surface area contributed by atoms with Gasteiger partial charge in [0.2, 0.25) is 6.79 Å². The molecule has 1 amide bonds. The minimum absolute atomic E-state index is 0.132. The first-order valence-electron chi connectivity index (χ1n) is 9.05. The lowest BCUT2D eigenvalue weighted by atomic mass is 10.1. The predicted octanol–water partition coefficient (Wildman–Crippen LogP) is 2.13. The molecule has 0 radical (unpaired) electrons. The SMILES string of the molecule is Cc1ccn(-c2ccc3c(c2)OCO3)c(=O)c1C(=O)NCCSc1nccn1C. The van der Waals surface area contributed by atoms with E-state index in [-0.39, 0.29) is 23.8 Å². The smallest absolute Gasteiger partial charge is 0.268 e. The molecule has 0 bridgehead atoms. The van der Waals surface area contributed by atoms with Crippen LogP contribution in [0.5, 0.6) is 11.5 Å². The van der Waals surface area contributed by atoms with E-state index in [0.717, 1.165) is 5.16 Å². The van der Waals surface area contributed by atoms with Crippen LogP contribution >= 0.6 is 11.8 Å². The van der Waals surface area contributed by atoms with Gasteiger partial charge in [-0.1, -0.05) is 11.8 Å². The minimum atomic E-state index is -0.386. The van der Waals surface area contributed by atoms with Crippen LogP contribution in [-0.4, -0.2) is 39.1 Å². The summed E-state index contributed by atoms with van der Waals surface area (Å²) in [5, 5.41) is 3.70. The Balaban J connectivity index is 1.50. The number of nitrogens with one attached hydrogen (secondary N) is 1. The summed E-state index contributed by atoms with van der Waals surface area (Å²) >= 11 is 1.54. The molecule has 0 saturated heterocycles. The van der Waals surface area contributed by atoms with Crippen molar-refractivity contribution in [3.63, 3.8) is 0 Å². The van der Waals surface area contributed by atoms with Crippen molar-refractivity contribution in [1.29, 1.82) is 0 Å². The Morgan fingerprint density at radius 1 is 1.24 bits per heavy atom. The number of rotatable bonds is 6. The molecule has 3 aromatic rings. The molecule has 2 aromatic heterocycles. The van der Waals surface area contributed by atoms with E-state index < -0.39 is 0 Å². The largest absolute Gasteiger partial charge is 0.454 e. The summed E-state index contributed by atoms with van der Waals surface area (Å²) < 4.78 is 14.0. The van der Waals surface area contributed by atoms with E-state index in [1.165, 1.54) is 16.3 Å². The number of pyridine rings is 1. The second-order valence-corrected chi connectivity index (χ2v) is 7.57. The van der Waals surface area contributed by atoms with E-state index in [9.17, 15) is 9.59 Å². The summed E-state index contributed by atoms with van der Waals surface area (Å²) in [7, 11) is 1.92. The number of aryl methyl sites for hydroxylation is 2. The van der Waals surface area contributed by atoms with Crippen LogP contribution < -0.4 is 20.3 Å². The molecule has 9 heteroatoms. The van der Waals surface area contributed by atoms with Gasteiger partial charge < -0.3 is 19.4 Å². The van der Waals surface area contributed by atoms with Crippen molar-refractivity contribution in [3.05, 3.63) is 64.3 Å². The Bertz CT molecular complexity index is 1120. The maximum absolute atomic E-state index is 13.0. The van der Waals surface area contributed by atoms with Gasteiger partial charge in [0.1, 0.15) is 5.56 Å². The van der Waals surface area contributed by atoms with Crippen LogP contribution in [0.3, 0.4) is 0 Å². The normalized spacial score (nSPS) is 12.2. The van der Waals surface area contributed by atoms with Gasteiger partial charge in [-0.25, -0.2) is 4.98 Å². The van der Waals surface area contributed by atoms with E-state index in [1.807, 2.05) is 17.8 Å². The zero-order valence-corrected chi connectivity index (χ0v) is 16.9. The molecular weight excluding hydrogens is 392 g/mol. The Kier molecular flexibility index (Phi) is 5.30. The molecule has 0 spiro atoms. The number of benzene rings is 1. The third-order valence-corrected chi connectivity index (χ3v) is 5.62. The van der Waals surface area contributed by atoms with Gasteiger partial charge in [-0.2, -0.15) is 0 Å². The van der Waals surface area contributed by atoms with Gasteiger partial charge in [0.05, 0.1) is 5.69 Å². The molecule has 3 heterocycles. The third-order valence-electron chi connectivity index (χ3n) is 4.56. The van der Waals surface area contributed by atoms with Crippen LogP contribution in [0.1, 0.15) is 15.9 Å². The first kappa shape index (κ1) is 19.1. The van der Waals surface area contributed by atoms with Crippen LogP contribution in [0, 0.1) is 6.92 Å². The van der Waals surface area contributed by atoms with Gasteiger partial charge in [0.15, 0.2) is 16.7 Å². The molecule has 1 aliphatic rings. The maximum atomic E-state index is 13.0. The summed E-state index contributed by atoms with van der Waals surface area (Å²) in [4.78, 5) is 29.9. The van der Waals surface area contributed by atoms with Crippen molar-refractivity contribution in [2.75, 3.05) is 19.1 Å². The molecule has 0 saturated carbocycles. The number of ether oxygens (including phenoxy) is 2. The van der Waals surface area contributed by atoms with E-state index in [2.05, 4.69) is 10.3 Å². The second kappa shape index (κ2) is 8.04. The highest BCUT2D eigenvalue weighted by atomic mass is 32.2. The average molecular weight is 412 g/mol. The number of imidazole rings is 1. The average Bonchev–Trinajstić information content (AvgIpc) is 3.33. The van der Waals surface area contributed by atoms with Gasteiger partial charge in [-0.15, -0.1) is 0 Å². The Morgan fingerprint density at radius 2 is 2.07 bits per heavy atom. The molecular formula is C20H20N4O4S. The standard InChI is InChI=1S/C20H20N4O4S/c1-13-5-8-24(14-3-4-15-16(11-14)28-12-27-15)19(26)17(13)18(25)21-7-10-29-20-22-6-9-23(20)2/h3-6,8-9,11H,7,10,12H2,1-2H3,(H,21,25). The first-order chi connectivity index (χ1) is 14.0. The maximum Gasteiger partial charge on any atom is 0.268 e. The third kappa shape index (κ3) is 3.86. The lowest BCUT2D eigenvalue weighted by Gasteiger charge is -2.12. The lowest BCUT2D eigenvalue weighted by Crippen LogP contribution is -2.34. The molecule has 0 unspecified atom stereocenters. The quantitative estimate of drug-likeness (QED) is 0.493. The summed E-state index contributed by atoms with van der Waals surface area (Å²) in [5.74, 6) is 1.48. The second-order valence-electron chi connectivity index (χ2n) is 6.51. The van der Waals surface area contributed by atoms with E-state index in [0.29, 0.717) is 35.0 Å². The molecule has 29 heavy (non-hydrogen) atoms. The van der Waals surface area contributed by atoms with Crippen LogP contribution in [0.25, 0.3) is 5.69 Å². The zero-order valence-electron chi connectivity index (χ0n) is 16.0. The number of amides is 1. The monoisotopic (exact) mass is 412 g/mol. The Morgan fingerprint density at radius 3 is 2.86 bits per heavy atom. The molecule has 0 atom stereocenters. The fourth-order valence-corrected chi connectivity index (χ4v) is 3.81. The highest BCUT2D eigenvalue weighted by molar-refractivity contribution is 7.99. The van der Waals surface area contributed by atoms with Crippen LogP contribution in [0.15, 0.2) is 52.8 Å². The highest BCUT2D eigenvalue weighted by Gasteiger charge is 2.18. The molecule has 150 valence electrons. The number of carbonyl (C=O) groups excluding carboxylic acids is 1. The van der Waals surface area contributed by atoms with Gasteiger partial charge in [0, 0.05) is 44.0 Å². The predicted molar refractivity (Wildman–Crippen MR) is 109 cm³/mol. The van der Waals surface area contributed by atoms with Crippen LogP contribution in [0.2, 0.25) is 0 Å². The summed E-state index contributed by atoms with van der Waals surface area (Å²) in [6.07, 6.45) is 5.25. The molecule has 1 N–H and O–H groups in total. The number of hydrogen-bond acceptors (Lipinski definition) is 6. The van der Waals surface area contributed by atoms with Crippen molar-refractivity contribution in [2.24, 2.45) is 7.05 Å². The number of hydrogen-bond donors (Lipinski definition) is 1. The number of fused-ring (bicyclic) bond motifs is 1. The molecule has 0 aliphatic carbocycles. The van der Waals surface area contributed by atoms with Gasteiger partial charge in [-0.05, 0) is 30.7 Å². The fraction of sp³-hybridized carbons (Fsp3) is 0.250. The van der Waals surface area contributed by atoms with Crippen molar-refractivity contribution in [2.45, 2.75) is 12.1 Å². The number of aromatic nitrogens is 3. The van der Waals surface area contributed by atoms with E-state index >= 15 is 0 Å². The van der Waals surface area contributed by atoms with Crippen molar-refractivity contribution >= 4 is 17.7 Å². The summed E-state index contributed by atoms with van der Waals surface area (Å²) in [5.41, 5.74) is 0.991. The van der Waals surface area contributed by atoms with Crippen LogP contribution in [0.4, 0.5) is 0 Å². The lowest BCUT2D eigenvalue weighted by molar-refractivity contribution is 0.0953. The van der Waals surface area contributed by atoms with Crippen LogP contribution in [-0.2, 0) is 7.05 Å². The van der Waals surface area contributed by atoms with Gasteiger partial charge in [0.25, 0.3) is 11.5 Å². The van der Waals surface area contributed by atoms with Crippen molar-refractivity contribution < 1.29 is 14.3 Å². The Labute approximate surface area is 171 Å². The molecule has 8 nitrogen and oxygen atoms in total. The number of carbonyl (C=O) groups is 1. The van der Waals surface area contributed by atoms with Gasteiger partial charge in [-0.3, -0.25) is 14.2 Å². The molecule has 1 aliphatic heterocycles. The molecule has 0 fully saturated rings. The highest BCUT2D eigenvalue weighted by Crippen LogP contribution is 2.33. The first-order valence-corrected chi connectivity index (χ1v) is 10.0. The molecule has 1 aromatic carbocycles. The fourth-order valence-electron chi connectivity index (χ4n) is 3.03. The minimum Gasteiger partial charge on any atom is -0.454 e. The zero-order chi connectivity index (χ0) is 20.4. The molecule has 4 rings (SSSR count). The topological polar surface area (TPSA) is 87.4 Å². The van der Waals surface area contributed by atoms with E-state index in [4.69, 9.17) is 9.47 Å². The van der Waals surface area contributed by atoms with Crippen molar-refractivity contribution in [3.8, 4) is 17.2 Å².